The molecule has 0 saturated carbocycles. The fraction of sp³-hybridized carbons (Fsp3) is 0.750. The number of ether oxygens (including phenoxy) is 1. The van der Waals surface area contributed by atoms with Crippen molar-refractivity contribution in [2.24, 2.45) is 0 Å². The summed E-state index contributed by atoms with van der Waals surface area (Å²) < 4.78 is 39.7. The van der Waals surface area contributed by atoms with Crippen LogP contribution in [0.5, 0.6) is 5.75 Å². The first-order chi connectivity index (χ1) is 13.9. The first kappa shape index (κ1) is 29.9. The van der Waals surface area contributed by atoms with Gasteiger partial charge in [0.15, 0.2) is 0 Å². The van der Waals surface area contributed by atoms with Gasteiger partial charge < -0.3 is 9.29 Å². The molecule has 4 nitrogen and oxygen atoms in total. The Balaban J connectivity index is 0.00000841. The Hall–Kier alpha value is -0.0700. The SMILES string of the molecule is CCCCCCCc1ccc(CCCCCCC)c(OC(CC)CS(=O)(=O)[O-])c1.[Na+]. The van der Waals surface area contributed by atoms with Gasteiger partial charge in [-0.1, -0.05) is 84.3 Å². The fourth-order valence-corrected chi connectivity index (χ4v) is 4.32. The maximum Gasteiger partial charge on any atom is 1.00 e. The van der Waals surface area contributed by atoms with Gasteiger partial charge in [-0.25, -0.2) is 8.42 Å². The number of unbranched alkanes of at least 4 members (excludes halogenated alkanes) is 8. The van der Waals surface area contributed by atoms with E-state index in [1.165, 1.54) is 56.9 Å². The molecule has 1 aromatic rings. The summed E-state index contributed by atoms with van der Waals surface area (Å²) in [6, 6.07) is 6.38. The van der Waals surface area contributed by atoms with Gasteiger partial charge in [-0.05, 0) is 49.3 Å². The molecule has 0 N–H and O–H groups in total. The summed E-state index contributed by atoms with van der Waals surface area (Å²) in [5.74, 6) is 0.294. The summed E-state index contributed by atoms with van der Waals surface area (Å²) in [4.78, 5) is 0. The van der Waals surface area contributed by atoms with Crippen LogP contribution in [0.3, 0.4) is 0 Å². The predicted octanol–water partition coefficient (Wildman–Crippen LogP) is 3.42. The number of rotatable bonds is 17. The minimum Gasteiger partial charge on any atom is -0.748 e. The van der Waals surface area contributed by atoms with Crippen LogP contribution in [-0.2, 0) is 23.0 Å². The van der Waals surface area contributed by atoms with E-state index in [0.29, 0.717) is 6.42 Å². The zero-order chi connectivity index (χ0) is 21.5. The van der Waals surface area contributed by atoms with Crippen LogP contribution in [0, 0.1) is 0 Å². The second-order valence-corrected chi connectivity index (χ2v) is 9.59. The van der Waals surface area contributed by atoms with E-state index in [2.05, 4.69) is 32.0 Å². The van der Waals surface area contributed by atoms with Gasteiger partial charge in [-0.15, -0.1) is 0 Å². The van der Waals surface area contributed by atoms with Crippen LogP contribution in [0.25, 0.3) is 0 Å². The average Bonchev–Trinajstić information content (AvgIpc) is 2.67. The molecule has 0 fully saturated rings. The van der Waals surface area contributed by atoms with Crippen LogP contribution in [0.4, 0.5) is 0 Å². The molecule has 168 valence electrons. The second-order valence-electron chi connectivity index (χ2n) is 8.14. The van der Waals surface area contributed by atoms with Crippen LogP contribution in [0.15, 0.2) is 18.2 Å². The smallest absolute Gasteiger partial charge is 0.748 e. The van der Waals surface area contributed by atoms with Crippen molar-refractivity contribution >= 4 is 10.1 Å². The van der Waals surface area contributed by atoms with Crippen LogP contribution in [0.2, 0.25) is 0 Å². The van der Waals surface area contributed by atoms with Gasteiger partial charge in [-0.3, -0.25) is 0 Å². The van der Waals surface area contributed by atoms with E-state index in [0.717, 1.165) is 37.0 Å². The molecule has 0 heterocycles. The molecular formula is C24H41NaO4S. The molecule has 0 bridgehead atoms. The standard InChI is InChI=1S/C24H42O4S.Na/c1-4-7-9-11-13-15-21-17-18-22(16-14-12-10-8-5-2)24(19-21)28-23(6-3)20-29(25,26)27;/h17-19,23H,4-16,20H2,1-3H3,(H,25,26,27);/q;+1/p-1. The third kappa shape index (κ3) is 14.1. The van der Waals surface area contributed by atoms with Crippen LogP contribution >= 0.6 is 0 Å². The van der Waals surface area contributed by atoms with E-state index < -0.39 is 22.0 Å². The van der Waals surface area contributed by atoms with Gasteiger partial charge in [0, 0.05) is 0 Å². The monoisotopic (exact) mass is 448 g/mol. The van der Waals surface area contributed by atoms with Crippen LogP contribution < -0.4 is 34.3 Å². The number of hydrogen-bond acceptors (Lipinski definition) is 4. The van der Waals surface area contributed by atoms with Gasteiger partial charge in [0.2, 0.25) is 0 Å². The van der Waals surface area contributed by atoms with Crippen molar-refractivity contribution in [2.75, 3.05) is 5.75 Å². The third-order valence-corrected chi connectivity index (χ3v) is 6.17. The van der Waals surface area contributed by atoms with Gasteiger partial charge in [0.1, 0.15) is 11.9 Å². The van der Waals surface area contributed by atoms with Gasteiger partial charge in [-0.2, -0.15) is 0 Å². The van der Waals surface area contributed by atoms with Gasteiger partial charge in [0.05, 0.1) is 15.9 Å². The molecule has 0 spiro atoms. The first-order valence-corrected chi connectivity index (χ1v) is 13.2. The molecule has 0 aliphatic heterocycles. The molecule has 0 aliphatic rings. The summed E-state index contributed by atoms with van der Waals surface area (Å²) in [6.07, 6.45) is 14.1. The molecule has 30 heavy (non-hydrogen) atoms. The van der Waals surface area contributed by atoms with E-state index in [1.807, 2.05) is 6.92 Å². The summed E-state index contributed by atoms with van der Waals surface area (Å²) in [5.41, 5.74) is 2.35. The molecule has 1 rings (SSSR count). The van der Waals surface area contributed by atoms with Crippen molar-refractivity contribution in [1.82, 2.24) is 0 Å². The normalized spacial score (nSPS) is 12.4. The molecule has 1 atom stereocenters. The zero-order valence-electron chi connectivity index (χ0n) is 19.8. The fourth-order valence-electron chi connectivity index (χ4n) is 3.56. The van der Waals surface area contributed by atoms with Gasteiger partial charge in [0.25, 0.3) is 0 Å². The maximum absolute atomic E-state index is 11.2. The van der Waals surface area contributed by atoms with Gasteiger partial charge >= 0.3 is 29.6 Å². The summed E-state index contributed by atoms with van der Waals surface area (Å²) >= 11 is 0. The minimum absolute atomic E-state index is 0. The Bertz CT molecular complexity index is 661. The second kappa shape index (κ2) is 17.5. The number of aryl methyl sites for hydroxylation is 2. The van der Waals surface area contributed by atoms with E-state index in [1.54, 1.807) is 0 Å². The Kier molecular flexibility index (Phi) is 17.4. The van der Waals surface area contributed by atoms with Crippen molar-refractivity contribution in [1.29, 1.82) is 0 Å². The minimum atomic E-state index is -4.30. The van der Waals surface area contributed by atoms with E-state index in [4.69, 9.17) is 4.74 Å². The largest absolute Gasteiger partial charge is 1.00 e. The van der Waals surface area contributed by atoms with Crippen LogP contribution in [-0.4, -0.2) is 24.8 Å². The molecule has 1 unspecified atom stereocenters. The van der Waals surface area contributed by atoms with Crippen molar-refractivity contribution in [3.8, 4) is 5.75 Å². The molecule has 6 heteroatoms. The quantitative estimate of drug-likeness (QED) is 0.208. The van der Waals surface area contributed by atoms with Crippen molar-refractivity contribution in [3.63, 3.8) is 0 Å². The number of benzene rings is 1. The Morgan fingerprint density at radius 3 is 1.97 bits per heavy atom. The molecule has 0 radical (unpaired) electrons. The summed E-state index contributed by atoms with van der Waals surface area (Å²) in [7, 11) is -4.30. The Morgan fingerprint density at radius 1 is 0.867 bits per heavy atom. The van der Waals surface area contributed by atoms with E-state index in [9.17, 15) is 13.0 Å². The predicted molar refractivity (Wildman–Crippen MR) is 121 cm³/mol. The third-order valence-electron chi connectivity index (χ3n) is 5.39. The zero-order valence-corrected chi connectivity index (χ0v) is 22.6. The molecule has 0 aromatic heterocycles. The molecule has 1 aromatic carbocycles. The average molecular weight is 449 g/mol. The summed E-state index contributed by atoms with van der Waals surface area (Å²) in [5, 5.41) is 0. The molecular weight excluding hydrogens is 407 g/mol. The van der Waals surface area contributed by atoms with Crippen molar-refractivity contribution < 1.29 is 47.3 Å². The van der Waals surface area contributed by atoms with Crippen LogP contribution in [0.1, 0.15) is 103 Å². The van der Waals surface area contributed by atoms with Crippen molar-refractivity contribution in [3.05, 3.63) is 29.3 Å². The van der Waals surface area contributed by atoms with Crippen molar-refractivity contribution in [2.45, 2.75) is 110 Å². The Labute approximate surface area is 207 Å². The molecule has 0 amide bonds. The maximum atomic E-state index is 11.2. The topological polar surface area (TPSA) is 66.4 Å². The van der Waals surface area contributed by atoms with E-state index in [-0.39, 0.29) is 29.6 Å². The number of hydrogen-bond donors (Lipinski definition) is 0. The van der Waals surface area contributed by atoms with E-state index >= 15 is 0 Å². The Morgan fingerprint density at radius 2 is 1.43 bits per heavy atom. The first-order valence-electron chi connectivity index (χ1n) is 11.6. The molecule has 0 saturated heterocycles. The molecule has 0 aliphatic carbocycles. The summed E-state index contributed by atoms with van der Waals surface area (Å²) in [6.45, 7) is 6.29.